The van der Waals surface area contributed by atoms with Gasteiger partial charge in [0, 0.05) is 12.6 Å². The normalized spacial score (nSPS) is 20.1. The summed E-state index contributed by atoms with van der Waals surface area (Å²) < 4.78 is 20.1. The molecule has 0 saturated carbocycles. The minimum Gasteiger partial charge on any atom is -0.486 e. The standard InChI is InChI=1S/C19H20FNO3/c1-12-7-14(17-9-15(10-21-17)19(22)23)8-16(20)18(12)24-11-13-5-3-2-4-6-13/h2-8,15,17,21H,9-11H2,1H3,(H,22,23). The van der Waals surface area contributed by atoms with Crippen molar-refractivity contribution in [3.63, 3.8) is 0 Å². The first-order chi connectivity index (χ1) is 11.5. The largest absolute Gasteiger partial charge is 0.486 e. The van der Waals surface area contributed by atoms with Crippen LogP contribution in [0.15, 0.2) is 42.5 Å². The maximum atomic E-state index is 14.5. The molecule has 0 bridgehead atoms. The van der Waals surface area contributed by atoms with Gasteiger partial charge in [-0.05, 0) is 36.1 Å². The lowest BCUT2D eigenvalue weighted by molar-refractivity contribution is -0.141. The van der Waals surface area contributed by atoms with Crippen molar-refractivity contribution < 1.29 is 19.0 Å². The Balaban J connectivity index is 1.73. The predicted octanol–water partition coefficient (Wildman–Crippen LogP) is 3.45. The van der Waals surface area contributed by atoms with Crippen molar-refractivity contribution in [3.8, 4) is 5.75 Å². The number of benzene rings is 2. The molecule has 0 amide bonds. The molecule has 4 nitrogen and oxygen atoms in total. The quantitative estimate of drug-likeness (QED) is 0.882. The highest BCUT2D eigenvalue weighted by atomic mass is 19.1. The van der Waals surface area contributed by atoms with E-state index in [0.29, 0.717) is 25.1 Å². The number of ether oxygens (including phenoxy) is 1. The zero-order chi connectivity index (χ0) is 17.1. The molecule has 2 aromatic carbocycles. The third-order valence-corrected chi connectivity index (χ3v) is 4.36. The lowest BCUT2D eigenvalue weighted by atomic mass is 9.98. The summed E-state index contributed by atoms with van der Waals surface area (Å²) in [7, 11) is 0. The van der Waals surface area contributed by atoms with Gasteiger partial charge in [0.1, 0.15) is 6.61 Å². The Hall–Kier alpha value is -2.40. The van der Waals surface area contributed by atoms with Gasteiger partial charge in [0.05, 0.1) is 5.92 Å². The summed E-state index contributed by atoms with van der Waals surface area (Å²) in [5, 5.41) is 12.2. The van der Waals surface area contributed by atoms with Crippen LogP contribution in [0.2, 0.25) is 0 Å². The number of carboxylic acid groups (broad SMARTS) is 1. The van der Waals surface area contributed by atoms with Gasteiger partial charge in [0.2, 0.25) is 0 Å². The van der Waals surface area contributed by atoms with E-state index in [1.807, 2.05) is 36.4 Å². The molecule has 2 atom stereocenters. The van der Waals surface area contributed by atoms with Gasteiger partial charge in [-0.3, -0.25) is 4.79 Å². The average molecular weight is 329 g/mol. The molecule has 2 N–H and O–H groups in total. The van der Waals surface area contributed by atoms with Gasteiger partial charge in [-0.1, -0.05) is 36.4 Å². The second-order valence-electron chi connectivity index (χ2n) is 6.15. The molecular weight excluding hydrogens is 309 g/mol. The van der Waals surface area contributed by atoms with Crippen LogP contribution >= 0.6 is 0 Å². The minimum absolute atomic E-state index is 0.137. The lowest BCUT2D eigenvalue weighted by Crippen LogP contribution is -2.17. The fraction of sp³-hybridized carbons (Fsp3) is 0.316. The SMILES string of the molecule is Cc1cc(C2CC(C(=O)O)CN2)cc(F)c1OCc1ccccc1. The Kier molecular flexibility index (Phi) is 4.81. The van der Waals surface area contributed by atoms with E-state index in [4.69, 9.17) is 9.84 Å². The highest BCUT2D eigenvalue weighted by Crippen LogP contribution is 2.32. The van der Waals surface area contributed by atoms with Crippen LogP contribution in [0.5, 0.6) is 5.75 Å². The Morgan fingerprint density at radius 2 is 2.08 bits per heavy atom. The maximum absolute atomic E-state index is 14.5. The lowest BCUT2D eigenvalue weighted by Gasteiger charge is -2.16. The first-order valence-electron chi connectivity index (χ1n) is 7.97. The van der Waals surface area contributed by atoms with Crippen LogP contribution < -0.4 is 10.1 Å². The van der Waals surface area contributed by atoms with Crippen molar-refractivity contribution in [2.24, 2.45) is 5.92 Å². The molecule has 5 heteroatoms. The van der Waals surface area contributed by atoms with Crippen LogP contribution in [0.1, 0.15) is 29.2 Å². The van der Waals surface area contributed by atoms with E-state index in [0.717, 1.165) is 11.1 Å². The number of nitrogens with one attached hydrogen (secondary N) is 1. The monoisotopic (exact) mass is 329 g/mol. The molecule has 1 aliphatic heterocycles. The molecule has 2 aromatic rings. The number of aliphatic carboxylic acids is 1. The fourth-order valence-corrected chi connectivity index (χ4v) is 3.05. The van der Waals surface area contributed by atoms with Crippen LogP contribution in [0.3, 0.4) is 0 Å². The zero-order valence-electron chi connectivity index (χ0n) is 13.5. The van der Waals surface area contributed by atoms with Gasteiger partial charge in [0.15, 0.2) is 11.6 Å². The molecule has 0 aliphatic carbocycles. The van der Waals surface area contributed by atoms with Crippen LogP contribution in [-0.2, 0) is 11.4 Å². The topological polar surface area (TPSA) is 58.6 Å². The molecule has 2 unspecified atom stereocenters. The highest BCUT2D eigenvalue weighted by molar-refractivity contribution is 5.70. The summed E-state index contributed by atoms with van der Waals surface area (Å²) in [6.07, 6.45) is 0.471. The van der Waals surface area contributed by atoms with Crippen LogP contribution in [0, 0.1) is 18.7 Å². The van der Waals surface area contributed by atoms with Gasteiger partial charge >= 0.3 is 5.97 Å². The third kappa shape index (κ3) is 3.57. The molecular formula is C19H20FNO3. The Labute approximate surface area is 140 Å². The van der Waals surface area contributed by atoms with Crippen LogP contribution in [-0.4, -0.2) is 17.6 Å². The molecule has 1 fully saturated rings. The van der Waals surface area contributed by atoms with Crippen molar-refractivity contribution in [1.82, 2.24) is 5.32 Å². The summed E-state index contributed by atoms with van der Waals surface area (Å²) >= 11 is 0. The van der Waals surface area contributed by atoms with Gasteiger partial charge in [0.25, 0.3) is 0 Å². The first-order valence-corrected chi connectivity index (χ1v) is 7.97. The smallest absolute Gasteiger partial charge is 0.307 e. The fourth-order valence-electron chi connectivity index (χ4n) is 3.05. The Bertz CT molecular complexity index is 710. The third-order valence-electron chi connectivity index (χ3n) is 4.36. The van der Waals surface area contributed by atoms with E-state index >= 15 is 0 Å². The van der Waals surface area contributed by atoms with Gasteiger partial charge in [-0.2, -0.15) is 0 Å². The second-order valence-corrected chi connectivity index (χ2v) is 6.15. The molecule has 1 saturated heterocycles. The number of halogens is 1. The predicted molar refractivity (Wildman–Crippen MR) is 88.4 cm³/mol. The average Bonchev–Trinajstić information content (AvgIpc) is 3.05. The summed E-state index contributed by atoms with van der Waals surface area (Å²) in [5.74, 6) is -1.41. The maximum Gasteiger partial charge on any atom is 0.307 e. The van der Waals surface area contributed by atoms with Crippen molar-refractivity contribution in [3.05, 3.63) is 65.0 Å². The molecule has 126 valence electrons. The van der Waals surface area contributed by atoms with Gasteiger partial charge in [-0.15, -0.1) is 0 Å². The number of carbonyl (C=O) groups is 1. The van der Waals surface area contributed by atoms with Crippen molar-refractivity contribution in [2.45, 2.75) is 26.0 Å². The number of carboxylic acids is 1. The van der Waals surface area contributed by atoms with E-state index < -0.39 is 17.7 Å². The summed E-state index contributed by atoms with van der Waals surface area (Å²) in [5.41, 5.74) is 2.45. The Morgan fingerprint density at radius 3 is 2.71 bits per heavy atom. The number of hydrogen-bond acceptors (Lipinski definition) is 3. The number of aryl methyl sites for hydroxylation is 1. The Morgan fingerprint density at radius 1 is 1.33 bits per heavy atom. The zero-order valence-corrected chi connectivity index (χ0v) is 13.5. The van der Waals surface area contributed by atoms with E-state index in [1.54, 1.807) is 6.92 Å². The molecule has 1 heterocycles. The minimum atomic E-state index is -0.815. The number of rotatable bonds is 5. The van der Waals surface area contributed by atoms with E-state index in [-0.39, 0.29) is 11.8 Å². The molecule has 0 radical (unpaired) electrons. The van der Waals surface area contributed by atoms with E-state index in [1.165, 1.54) is 6.07 Å². The van der Waals surface area contributed by atoms with Crippen molar-refractivity contribution >= 4 is 5.97 Å². The van der Waals surface area contributed by atoms with Gasteiger partial charge in [-0.25, -0.2) is 4.39 Å². The molecule has 0 aromatic heterocycles. The first kappa shape index (κ1) is 16.5. The molecule has 3 rings (SSSR count). The second kappa shape index (κ2) is 7.01. The van der Waals surface area contributed by atoms with Crippen LogP contribution in [0.4, 0.5) is 4.39 Å². The molecule has 24 heavy (non-hydrogen) atoms. The summed E-state index contributed by atoms with van der Waals surface area (Å²) in [6.45, 7) is 2.52. The summed E-state index contributed by atoms with van der Waals surface area (Å²) in [6, 6.07) is 12.8. The molecule has 1 aliphatic rings. The van der Waals surface area contributed by atoms with Crippen molar-refractivity contribution in [2.75, 3.05) is 6.54 Å². The molecule has 0 spiro atoms. The number of hydrogen-bond donors (Lipinski definition) is 2. The van der Waals surface area contributed by atoms with Crippen molar-refractivity contribution in [1.29, 1.82) is 0 Å². The van der Waals surface area contributed by atoms with E-state index in [9.17, 15) is 9.18 Å². The highest BCUT2D eigenvalue weighted by Gasteiger charge is 2.30. The summed E-state index contributed by atoms with van der Waals surface area (Å²) in [4.78, 5) is 11.1. The van der Waals surface area contributed by atoms with Crippen LogP contribution in [0.25, 0.3) is 0 Å². The van der Waals surface area contributed by atoms with Gasteiger partial charge < -0.3 is 15.2 Å². The van der Waals surface area contributed by atoms with E-state index in [2.05, 4.69) is 5.32 Å².